The van der Waals surface area contributed by atoms with Crippen LogP contribution in [0, 0.1) is 0 Å². The van der Waals surface area contributed by atoms with Gasteiger partial charge in [-0.2, -0.15) is 5.06 Å². The zero-order valence-electron chi connectivity index (χ0n) is 10.7. The summed E-state index contributed by atoms with van der Waals surface area (Å²) in [5.41, 5.74) is -0.624. The Labute approximate surface area is 95.8 Å². The maximum Gasteiger partial charge on any atom is 0.414 e. The number of likely N-dealkylation sites (N-methyl/N-ethyl adjacent to an activating group) is 1. The molecular weight excluding hydrogens is 212 g/mol. The van der Waals surface area contributed by atoms with Crippen molar-refractivity contribution in [2.75, 3.05) is 14.2 Å². The zero-order valence-corrected chi connectivity index (χ0v) is 10.7. The molecule has 0 aliphatic heterocycles. The van der Waals surface area contributed by atoms with Crippen LogP contribution in [0.5, 0.6) is 0 Å². The van der Waals surface area contributed by atoms with Crippen molar-refractivity contribution in [3.8, 4) is 0 Å². The highest BCUT2D eigenvalue weighted by Gasteiger charge is 2.23. The molecule has 0 rings (SSSR count). The van der Waals surface area contributed by atoms with Crippen molar-refractivity contribution in [1.82, 2.24) is 10.4 Å². The Morgan fingerprint density at radius 1 is 1.31 bits per heavy atom. The van der Waals surface area contributed by atoms with E-state index in [1.165, 1.54) is 12.2 Å². The number of amides is 2. The first-order valence-corrected chi connectivity index (χ1v) is 4.98. The van der Waals surface area contributed by atoms with Crippen LogP contribution in [-0.4, -0.2) is 42.9 Å². The van der Waals surface area contributed by atoms with Crippen molar-refractivity contribution in [2.24, 2.45) is 0 Å². The number of hydroxylamine groups is 2. The van der Waals surface area contributed by atoms with Crippen LogP contribution in [0.3, 0.4) is 0 Å². The van der Waals surface area contributed by atoms with Gasteiger partial charge in [0.25, 0.3) is 0 Å². The van der Waals surface area contributed by atoms with E-state index in [-0.39, 0.29) is 0 Å². The largest absolute Gasteiger partial charge is 0.444 e. The van der Waals surface area contributed by atoms with E-state index < -0.39 is 23.6 Å². The second-order valence-electron chi connectivity index (χ2n) is 4.40. The van der Waals surface area contributed by atoms with E-state index in [1.807, 2.05) is 0 Å². The van der Waals surface area contributed by atoms with Gasteiger partial charge in [0.05, 0.1) is 7.11 Å². The Bertz CT molecular complexity index is 260. The van der Waals surface area contributed by atoms with Gasteiger partial charge in [-0.25, -0.2) is 4.79 Å². The molecule has 0 saturated carbocycles. The van der Waals surface area contributed by atoms with Crippen LogP contribution in [-0.2, 0) is 14.4 Å². The Kier molecular flexibility index (Phi) is 5.40. The number of nitrogens with zero attached hydrogens (tertiary/aromatic N) is 1. The van der Waals surface area contributed by atoms with E-state index in [9.17, 15) is 9.59 Å². The number of nitrogens with one attached hydrogen (secondary N) is 1. The fourth-order valence-electron chi connectivity index (χ4n) is 0.832. The fourth-order valence-corrected chi connectivity index (χ4v) is 0.832. The molecule has 2 amide bonds. The van der Waals surface area contributed by atoms with Gasteiger partial charge in [0.1, 0.15) is 11.6 Å². The molecule has 94 valence electrons. The van der Waals surface area contributed by atoms with Crippen LogP contribution >= 0.6 is 0 Å². The molecule has 0 radical (unpaired) electrons. The summed E-state index contributed by atoms with van der Waals surface area (Å²) in [6, 6.07) is -0.572. The predicted octanol–water partition coefficient (Wildman–Crippen LogP) is 0.919. The highest BCUT2D eigenvalue weighted by atomic mass is 16.7. The summed E-state index contributed by atoms with van der Waals surface area (Å²) >= 11 is 0. The lowest BCUT2D eigenvalue weighted by Gasteiger charge is -2.23. The van der Waals surface area contributed by atoms with Crippen LogP contribution < -0.4 is 5.32 Å². The molecule has 0 aromatic carbocycles. The van der Waals surface area contributed by atoms with Gasteiger partial charge in [0.15, 0.2) is 0 Å². The number of carbonyl (C=O) groups is 2. The van der Waals surface area contributed by atoms with Crippen LogP contribution in [0.4, 0.5) is 4.79 Å². The Hall–Kier alpha value is -1.14. The number of carbonyl (C=O) groups excluding carboxylic acids is 2. The van der Waals surface area contributed by atoms with Crippen LogP contribution in [0.15, 0.2) is 0 Å². The highest BCUT2D eigenvalue weighted by molar-refractivity contribution is 5.94. The van der Waals surface area contributed by atoms with Crippen molar-refractivity contribution in [3.63, 3.8) is 0 Å². The normalized spacial score (nSPS) is 13.4. The number of hydrogen-bond acceptors (Lipinski definition) is 5. The zero-order chi connectivity index (χ0) is 12.9. The lowest BCUT2D eigenvalue weighted by Crippen LogP contribution is -2.46. The van der Waals surface area contributed by atoms with Gasteiger partial charge in [-0.15, -0.1) is 0 Å². The third kappa shape index (κ3) is 5.67. The Morgan fingerprint density at radius 3 is 2.19 bits per heavy atom. The summed E-state index contributed by atoms with van der Waals surface area (Å²) in [4.78, 5) is 27.6. The summed E-state index contributed by atoms with van der Waals surface area (Å²) in [7, 11) is 3.04. The lowest BCUT2D eigenvalue weighted by molar-refractivity contribution is -0.157. The molecule has 0 spiro atoms. The average molecular weight is 232 g/mol. The van der Waals surface area contributed by atoms with Gasteiger partial charge < -0.3 is 9.57 Å². The van der Waals surface area contributed by atoms with Crippen LogP contribution in [0.1, 0.15) is 27.7 Å². The minimum Gasteiger partial charge on any atom is -0.444 e. The monoisotopic (exact) mass is 232 g/mol. The molecule has 0 heterocycles. The molecule has 0 aliphatic rings. The van der Waals surface area contributed by atoms with Crippen LogP contribution in [0.2, 0.25) is 0 Å². The summed E-state index contributed by atoms with van der Waals surface area (Å²) < 4.78 is 4.94. The minimum atomic E-state index is -0.756. The second kappa shape index (κ2) is 5.81. The molecule has 1 atom stereocenters. The second-order valence-corrected chi connectivity index (χ2v) is 4.40. The van der Waals surface area contributed by atoms with Crippen molar-refractivity contribution < 1.29 is 19.2 Å². The van der Waals surface area contributed by atoms with E-state index in [1.54, 1.807) is 34.7 Å². The van der Waals surface area contributed by atoms with Crippen molar-refractivity contribution >= 4 is 12.0 Å². The Morgan fingerprint density at radius 2 is 1.81 bits per heavy atom. The maximum absolute atomic E-state index is 11.5. The molecule has 0 aromatic heterocycles. The molecule has 0 aromatic rings. The summed E-state index contributed by atoms with van der Waals surface area (Å²) in [5.74, 6) is -0.474. The lowest BCUT2D eigenvalue weighted by atomic mass is 10.2. The maximum atomic E-state index is 11.5. The number of imide groups is 1. The number of alkyl carbamates (subject to hydrolysis) is 1. The molecule has 1 N–H and O–H groups in total. The molecule has 0 fully saturated rings. The predicted molar refractivity (Wildman–Crippen MR) is 58.6 cm³/mol. The van der Waals surface area contributed by atoms with Gasteiger partial charge in [0.2, 0.25) is 5.91 Å². The Balaban J connectivity index is 4.20. The van der Waals surface area contributed by atoms with Gasteiger partial charge in [-0.3, -0.25) is 10.1 Å². The first-order chi connectivity index (χ1) is 7.17. The molecule has 0 aliphatic carbocycles. The van der Waals surface area contributed by atoms with Gasteiger partial charge in [-0.05, 0) is 27.7 Å². The topological polar surface area (TPSA) is 67.9 Å². The van der Waals surface area contributed by atoms with E-state index in [4.69, 9.17) is 9.57 Å². The average Bonchev–Trinajstić information content (AvgIpc) is 2.12. The van der Waals surface area contributed by atoms with Gasteiger partial charge in [-0.1, -0.05) is 0 Å². The first kappa shape index (κ1) is 14.9. The number of ether oxygens (including phenoxy) is 1. The smallest absolute Gasteiger partial charge is 0.414 e. The SMILES string of the molecule is CON(C)[C@@H](C)C(=O)NC(=O)OC(C)(C)C. The van der Waals surface area contributed by atoms with E-state index in [0.29, 0.717) is 0 Å². The molecule has 6 nitrogen and oxygen atoms in total. The molecule has 0 unspecified atom stereocenters. The molecule has 0 bridgehead atoms. The highest BCUT2D eigenvalue weighted by Crippen LogP contribution is 2.06. The van der Waals surface area contributed by atoms with Crippen molar-refractivity contribution in [3.05, 3.63) is 0 Å². The third-order valence-electron chi connectivity index (χ3n) is 1.84. The summed E-state index contributed by atoms with van der Waals surface area (Å²) in [6.45, 7) is 6.79. The summed E-state index contributed by atoms with van der Waals surface area (Å²) in [5, 5.41) is 3.46. The third-order valence-corrected chi connectivity index (χ3v) is 1.84. The molecule has 0 saturated heterocycles. The van der Waals surface area contributed by atoms with Crippen LogP contribution in [0.25, 0.3) is 0 Å². The quantitative estimate of drug-likeness (QED) is 0.733. The minimum absolute atomic E-state index is 0.474. The van der Waals surface area contributed by atoms with E-state index >= 15 is 0 Å². The van der Waals surface area contributed by atoms with E-state index in [2.05, 4.69) is 5.32 Å². The molecular formula is C10H20N2O4. The first-order valence-electron chi connectivity index (χ1n) is 4.98. The number of rotatable bonds is 3. The van der Waals surface area contributed by atoms with Gasteiger partial charge >= 0.3 is 6.09 Å². The standard InChI is InChI=1S/C10H20N2O4/c1-7(12(5)15-6)8(13)11-9(14)16-10(2,3)4/h7H,1-6H3,(H,11,13,14)/t7-/m0/s1. The van der Waals surface area contributed by atoms with Crippen molar-refractivity contribution in [1.29, 1.82) is 0 Å². The van der Waals surface area contributed by atoms with E-state index in [0.717, 1.165) is 0 Å². The summed E-state index contributed by atoms with van der Waals surface area (Å²) in [6.07, 6.45) is -0.756. The molecule has 6 heteroatoms. The molecule has 16 heavy (non-hydrogen) atoms. The van der Waals surface area contributed by atoms with Gasteiger partial charge in [0, 0.05) is 7.05 Å². The fraction of sp³-hybridized carbons (Fsp3) is 0.800. The number of hydrogen-bond donors (Lipinski definition) is 1. The van der Waals surface area contributed by atoms with Crippen molar-refractivity contribution in [2.45, 2.75) is 39.3 Å².